The van der Waals surface area contributed by atoms with Crippen LogP contribution in [0.3, 0.4) is 0 Å². The van der Waals surface area contributed by atoms with Crippen molar-refractivity contribution in [3.8, 4) is 0 Å². The van der Waals surface area contributed by atoms with Crippen molar-refractivity contribution in [2.24, 2.45) is 5.73 Å². The number of nitrogens with two attached hydrogens (primary N) is 1. The monoisotopic (exact) mass is 333 g/mol. The van der Waals surface area contributed by atoms with E-state index >= 15 is 0 Å². The van der Waals surface area contributed by atoms with E-state index in [1.165, 1.54) is 0 Å². The molecule has 1 heterocycles. The number of carbonyl (C=O) groups excluding carboxylic acids is 2. The fraction of sp³-hybridized carbons (Fsp3) is 0.150. The Morgan fingerprint density at radius 3 is 2.08 bits per heavy atom. The number of aromatic nitrogens is 1. The summed E-state index contributed by atoms with van der Waals surface area (Å²) in [4.78, 5) is 29.3. The van der Waals surface area contributed by atoms with Crippen LogP contribution < -0.4 is 11.1 Å². The Labute approximate surface area is 145 Å². The molecule has 25 heavy (non-hydrogen) atoms. The zero-order chi connectivity index (χ0) is 18.0. The molecule has 3 aromatic rings. The van der Waals surface area contributed by atoms with Crippen molar-refractivity contribution >= 4 is 33.6 Å². The molecule has 0 bridgehead atoms. The van der Waals surface area contributed by atoms with Crippen molar-refractivity contribution in [2.45, 2.75) is 19.4 Å². The smallest absolute Gasteiger partial charge is 0.253 e. The van der Waals surface area contributed by atoms with E-state index in [0.717, 1.165) is 27.4 Å². The van der Waals surface area contributed by atoms with Gasteiger partial charge in [-0.3, -0.25) is 9.59 Å². The molecule has 1 atom stereocenters. The van der Waals surface area contributed by atoms with Gasteiger partial charge in [0.05, 0.1) is 16.6 Å². The summed E-state index contributed by atoms with van der Waals surface area (Å²) in [5, 5.41) is 4.21. The highest BCUT2D eigenvalue weighted by molar-refractivity contribution is 6.16. The minimum absolute atomic E-state index is 0.308. The summed E-state index contributed by atoms with van der Waals surface area (Å²) in [7, 11) is 0. The Hall–Kier alpha value is -3.21. The molecule has 0 unspecified atom stereocenters. The zero-order valence-electron chi connectivity index (χ0n) is 14.0. The lowest BCUT2D eigenvalue weighted by molar-refractivity contribution is -0.119. The number of nitrogens with zero attached hydrogens (tertiary/aromatic N) is 1. The third-order valence-electron chi connectivity index (χ3n) is 4.02. The van der Waals surface area contributed by atoms with Gasteiger partial charge in [-0.1, -0.05) is 42.0 Å². The molecule has 2 amide bonds. The van der Waals surface area contributed by atoms with Gasteiger partial charge in [-0.2, -0.15) is 0 Å². The van der Waals surface area contributed by atoms with Crippen molar-refractivity contribution in [1.82, 2.24) is 10.3 Å². The molecule has 3 N–H and O–H groups in total. The van der Waals surface area contributed by atoms with Gasteiger partial charge >= 0.3 is 0 Å². The van der Waals surface area contributed by atoms with Gasteiger partial charge in [0.25, 0.3) is 5.91 Å². The Bertz CT molecular complexity index is 941. The molecule has 0 aliphatic heterocycles. The summed E-state index contributed by atoms with van der Waals surface area (Å²) in [5.74, 6) is -0.932. The highest BCUT2D eigenvalue weighted by Crippen LogP contribution is 2.26. The lowest BCUT2D eigenvalue weighted by Crippen LogP contribution is -2.44. The van der Waals surface area contributed by atoms with E-state index in [0.29, 0.717) is 12.0 Å². The second kappa shape index (κ2) is 6.73. The third kappa shape index (κ3) is 3.35. The third-order valence-corrected chi connectivity index (χ3v) is 4.02. The molecular weight excluding hydrogens is 314 g/mol. The Balaban J connectivity index is 2.13. The second-order valence-corrected chi connectivity index (χ2v) is 6.11. The van der Waals surface area contributed by atoms with E-state index in [2.05, 4.69) is 16.9 Å². The number of fused-ring (bicyclic) bond motifs is 2. The van der Waals surface area contributed by atoms with Crippen LogP contribution in [0.4, 0.5) is 0 Å². The van der Waals surface area contributed by atoms with E-state index in [1.807, 2.05) is 48.5 Å². The summed E-state index contributed by atoms with van der Waals surface area (Å²) in [5.41, 5.74) is 8.14. The molecule has 0 aliphatic carbocycles. The maximum atomic E-state index is 13.0. The number of carbonyl (C=O) groups is 2. The van der Waals surface area contributed by atoms with E-state index in [-0.39, 0.29) is 5.91 Å². The van der Waals surface area contributed by atoms with Crippen molar-refractivity contribution in [3.05, 3.63) is 66.2 Å². The number of primary amides is 1. The van der Waals surface area contributed by atoms with Crippen molar-refractivity contribution in [2.75, 3.05) is 0 Å². The van der Waals surface area contributed by atoms with Gasteiger partial charge in [-0.15, -0.1) is 6.58 Å². The first-order valence-corrected chi connectivity index (χ1v) is 7.99. The van der Waals surface area contributed by atoms with Crippen LogP contribution in [0.5, 0.6) is 0 Å². The number of rotatable bonds is 5. The average molecular weight is 333 g/mol. The number of hydrogen-bond donors (Lipinski definition) is 2. The topological polar surface area (TPSA) is 85.1 Å². The van der Waals surface area contributed by atoms with Crippen molar-refractivity contribution in [3.63, 3.8) is 0 Å². The molecule has 1 aromatic heterocycles. The number of amides is 2. The first-order valence-electron chi connectivity index (χ1n) is 7.99. The fourth-order valence-corrected chi connectivity index (χ4v) is 2.89. The molecule has 0 aliphatic rings. The highest BCUT2D eigenvalue weighted by atomic mass is 16.2. The zero-order valence-corrected chi connectivity index (χ0v) is 14.0. The number of benzene rings is 2. The molecule has 5 heteroatoms. The van der Waals surface area contributed by atoms with E-state index in [1.54, 1.807) is 6.92 Å². The minimum Gasteiger partial charge on any atom is -0.368 e. The lowest BCUT2D eigenvalue weighted by atomic mass is 10.0. The number of para-hydroxylation sites is 2. The first kappa shape index (κ1) is 16.6. The normalized spacial score (nSPS) is 12.0. The predicted octanol–water partition coefficient (Wildman–Crippen LogP) is 2.94. The minimum atomic E-state index is -0.796. The van der Waals surface area contributed by atoms with Gasteiger partial charge in [-0.25, -0.2) is 4.98 Å². The maximum absolute atomic E-state index is 13.0. The quantitative estimate of drug-likeness (QED) is 0.556. The highest BCUT2D eigenvalue weighted by Gasteiger charge is 2.22. The Morgan fingerprint density at radius 2 is 1.60 bits per heavy atom. The Kier molecular flexibility index (Phi) is 4.48. The van der Waals surface area contributed by atoms with Gasteiger partial charge in [0.2, 0.25) is 5.91 Å². The lowest BCUT2D eigenvalue weighted by Gasteiger charge is -2.17. The summed E-state index contributed by atoms with van der Waals surface area (Å²) in [6, 6.07) is 14.1. The maximum Gasteiger partial charge on any atom is 0.253 e. The van der Waals surface area contributed by atoms with E-state index in [4.69, 9.17) is 5.73 Å². The average Bonchev–Trinajstić information content (AvgIpc) is 2.58. The van der Waals surface area contributed by atoms with Crippen LogP contribution in [0, 0.1) is 0 Å². The fourth-order valence-electron chi connectivity index (χ4n) is 2.89. The van der Waals surface area contributed by atoms with Crippen LogP contribution in [0.2, 0.25) is 0 Å². The molecule has 126 valence electrons. The van der Waals surface area contributed by atoms with Gasteiger partial charge in [0, 0.05) is 10.8 Å². The Morgan fingerprint density at radius 1 is 1.08 bits per heavy atom. The van der Waals surface area contributed by atoms with Crippen molar-refractivity contribution in [1.29, 1.82) is 0 Å². The van der Waals surface area contributed by atoms with Gasteiger partial charge in [0.15, 0.2) is 0 Å². The van der Waals surface area contributed by atoms with Crippen LogP contribution in [0.15, 0.2) is 60.7 Å². The van der Waals surface area contributed by atoms with Gasteiger partial charge in [-0.05, 0) is 25.5 Å². The molecule has 0 saturated carbocycles. The SMILES string of the molecule is C=C(C)C[C@@H](NC(=O)c1c2ccccc2nc2ccccc12)C(N)=O. The first-order chi connectivity index (χ1) is 12.0. The summed E-state index contributed by atoms with van der Waals surface area (Å²) < 4.78 is 0. The standard InChI is InChI=1S/C20H19N3O2/c1-12(2)11-17(19(21)24)23-20(25)18-13-7-3-5-9-15(13)22-16-10-6-4-8-14(16)18/h3-10,17H,1,11H2,2H3,(H2,21,24)(H,23,25)/t17-/m1/s1. The molecule has 0 radical (unpaired) electrons. The number of nitrogens with one attached hydrogen (secondary N) is 1. The molecular formula is C20H19N3O2. The number of hydrogen-bond acceptors (Lipinski definition) is 3. The van der Waals surface area contributed by atoms with E-state index < -0.39 is 11.9 Å². The van der Waals surface area contributed by atoms with Crippen LogP contribution in [-0.4, -0.2) is 22.8 Å². The van der Waals surface area contributed by atoms with Crippen LogP contribution in [-0.2, 0) is 4.79 Å². The molecule has 3 rings (SSSR count). The van der Waals surface area contributed by atoms with Crippen LogP contribution in [0.25, 0.3) is 21.8 Å². The van der Waals surface area contributed by atoms with Crippen LogP contribution in [0.1, 0.15) is 23.7 Å². The van der Waals surface area contributed by atoms with Crippen molar-refractivity contribution < 1.29 is 9.59 Å². The molecule has 2 aromatic carbocycles. The molecule has 0 spiro atoms. The van der Waals surface area contributed by atoms with Gasteiger partial charge < -0.3 is 11.1 Å². The van der Waals surface area contributed by atoms with E-state index in [9.17, 15) is 9.59 Å². The summed E-state index contributed by atoms with van der Waals surface area (Å²) in [6.07, 6.45) is 0.308. The molecule has 0 saturated heterocycles. The largest absolute Gasteiger partial charge is 0.368 e. The summed E-state index contributed by atoms with van der Waals surface area (Å²) in [6.45, 7) is 5.58. The van der Waals surface area contributed by atoms with Crippen LogP contribution >= 0.6 is 0 Å². The second-order valence-electron chi connectivity index (χ2n) is 6.11. The van der Waals surface area contributed by atoms with Gasteiger partial charge in [0.1, 0.15) is 6.04 Å². The number of pyridine rings is 1. The molecule has 0 fully saturated rings. The predicted molar refractivity (Wildman–Crippen MR) is 99.1 cm³/mol. The summed E-state index contributed by atoms with van der Waals surface area (Å²) >= 11 is 0. The molecule has 5 nitrogen and oxygen atoms in total.